The standard InChI is InChI=1S/C22H34N2O.ClH/c1-22(2,3)19-11-9-18(10-12-19)21(25)24-16-5-4-8-20(24)13-17-23-14-6-7-15-23;/h9-12,20H,4-8,13-17H2,1-3H3;1H. The molecule has 26 heavy (non-hydrogen) atoms. The highest BCUT2D eigenvalue weighted by Gasteiger charge is 2.28. The van der Waals surface area contributed by atoms with Crippen LogP contribution in [0.3, 0.4) is 0 Å². The molecule has 1 unspecified atom stereocenters. The van der Waals surface area contributed by atoms with E-state index in [2.05, 4.69) is 42.7 Å². The third-order valence-electron chi connectivity index (χ3n) is 5.86. The van der Waals surface area contributed by atoms with Crippen molar-refractivity contribution in [3.63, 3.8) is 0 Å². The normalized spacial score (nSPS) is 21.5. The fourth-order valence-corrected chi connectivity index (χ4v) is 4.18. The predicted molar refractivity (Wildman–Crippen MR) is 111 cm³/mol. The van der Waals surface area contributed by atoms with Gasteiger partial charge in [0.15, 0.2) is 0 Å². The van der Waals surface area contributed by atoms with Crippen molar-refractivity contribution in [3.8, 4) is 0 Å². The molecule has 1 aromatic rings. The van der Waals surface area contributed by atoms with Gasteiger partial charge in [-0.15, -0.1) is 12.4 Å². The first kappa shape index (κ1) is 21.2. The van der Waals surface area contributed by atoms with Crippen LogP contribution in [0.2, 0.25) is 0 Å². The van der Waals surface area contributed by atoms with Crippen molar-refractivity contribution >= 4 is 18.3 Å². The predicted octanol–water partition coefficient (Wildman–Crippen LogP) is 4.89. The number of halogens is 1. The minimum atomic E-state index is 0. The van der Waals surface area contributed by atoms with Gasteiger partial charge in [0.25, 0.3) is 5.91 Å². The van der Waals surface area contributed by atoms with E-state index in [1.807, 2.05) is 12.1 Å². The van der Waals surface area contributed by atoms with Gasteiger partial charge >= 0.3 is 0 Å². The molecule has 0 spiro atoms. The highest BCUT2D eigenvalue weighted by molar-refractivity contribution is 5.94. The minimum absolute atomic E-state index is 0. The molecule has 0 radical (unpaired) electrons. The van der Waals surface area contributed by atoms with E-state index in [9.17, 15) is 4.79 Å². The van der Waals surface area contributed by atoms with Gasteiger partial charge in [-0.05, 0) is 74.7 Å². The van der Waals surface area contributed by atoms with E-state index in [4.69, 9.17) is 0 Å². The van der Waals surface area contributed by atoms with Crippen LogP contribution in [0.15, 0.2) is 24.3 Å². The maximum atomic E-state index is 13.1. The number of carbonyl (C=O) groups excluding carboxylic acids is 1. The van der Waals surface area contributed by atoms with Crippen molar-refractivity contribution in [3.05, 3.63) is 35.4 Å². The zero-order chi connectivity index (χ0) is 17.9. The van der Waals surface area contributed by atoms with E-state index in [0.717, 1.165) is 31.5 Å². The first-order chi connectivity index (χ1) is 11.9. The van der Waals surface area contributed by atoms with E-state index in [-0.39, 0.29) is 23.7 Å². The Hall–Kier alpha value is -1.06. The molecule has 1 atom stereocenters. The monoisotopic (exact) mass is 378 g/mol. The van der Waals surface area contributed by atoms with Crippen LogP contribution in [0, 0.1) is 0 Å². The summed E-state index contributed by atoms with van der Waals surface area (Å²) in [5.41, 5.74) is 2.26. The van der Waals surface area contributed by atoms with Gasteiger partial charge in [0.1, 0.15) is 0 Å². The lowest BCUT2D eigenvalue weighted by Crippen LogP contribution is -2.45. The number of piperidine rings is 1. The molecule has 0 bridgehead atoms. The van der Waals surface area contributed by atoms with Crippen LogP contribution >= 0.6 is 12.4 Å². The third-order valence-corrected chi connectivity index (χ3v) is 5.86. The summed E-state index contributed by atoms with van der Waals surface area (Å²) in [4.78, 5) is 17.8. The highest BCUT2D eigenvalue weighted by Crippen LogP contribution is 2.25. The zero-order valence-corrected chi connectivity index (χ0v) is 17.5. The third kappa shape index (κ3) is 5.23. The van der Waals surface area contributed by atoms with E-state index < -0.39 is 0 Å². The van der Waals surface area contributed by atoms with Crippen LogP contribution in [-0.2, 0) is 5.41 Å². The summed E-state index contributed by atoms with van der Waals surface area (Å²) < 4.78 is 0. The number of benzene rings is 1. The van der Waals surface area contributed by atoms with Gasteiger partial charge < -0.3 is 9.80 Å². The Morgan fingerprint density at radius 1 is 1.00 bits per heavy atom. The molecule has 2 fully saturated rings. The SMILES string of the molecule is CC(C)(C)c1ccc(C(=O)N2CCCCC2CCN2CCCC2)cc1.Cl. The molecule has 3 nitrogen and oxygen atoms in total. The van der Waals surface area contributed by atoms with Crippen molar-refractivity contribution in [2.75, 3.05) is 26.2 Å². The van der Waals surface area contributed by atoms with E-state index in [1.54, 1.807) is 0 Å². The van der Waals surface area contributed by atoms with Gasteiger partial charge in [-0.2, -0.15) is 0 Å². The molecule has 0 aromatic heterocycles. The van der Waals surface area contributed by atoms with Crippen molar-refractivity contribution in [2.45, 2.75) is 70.8 Å². The quantitative estimate of drug-likeness (QED) is 0.744. The maximum absolute atomic E-state index is 13.1. The summed E-state index contributed by atoms with van der Waals surface area (Å²) in [6.07, 6.45) is 7.38. The van der Waals surface area contributed by atoms with Crippen LogP contribution in [0.4, 0.5) is 0 Å². The number of likely N-dealkylation sites (tertiary alicyclic amines) is 2. The lowest BCUT2D eigenvalue weighted by Gasteiger charge is -2.37. The second kappa shape index (κ2) is 9.23. The maximum Gasteiger partial charge on any atom is 0.254 e. The van der Waals surface area contributed by atoms with Crippen molar-refractivity contribution in [1.29, 1.82) is 0 Å². The summed E-state index contributed by atoms with van der Waals surface area (Å²) in [5.74, 6) is 0.228. The molecule has 4 heteroatoms. The van der Waals surface area contributed by atoms with Gasteiger partial charge in [-0.3, -0.25) is 4.79 Å². The molecule has 3 rings (SSSR count). The first-order valence-electron chi connectivity index (χ1n) is 10.1. The van der Waals surface area contributed by atoms with E-state index >= 15 is 0 Å². The van der Waals surface area contributed by atoms with Crippen LogP contribution in [0.25, 0.3) is 0 Å². The average molecular weight is 379 g/mol. The summed E-state index contributed by atoms with van der Waals surface area (Å²) in [6, 6.07) is 8.71. The smallest absolute Gasteiger partial charge is 0.254 e. The molecular formula is C22H35ClN2O. The minimum Gasteiger partial charge on any atom is -0.336 e. The Morgan fingerprint density at radius 2 is 1.62 bits per heavy atom. The van der Waals surface area contributed by atoms with Crippen LogP contribution in [-0.4, -0.2) is 47.9 Å². The summed E-state index contributed by atoms with van der Waals surface area (Å²) in [5, 5.41) is 0. The van der Waals surface area contributed by atoms with Crippen molar-refractivity contribution in [1.82, 2.24) is 9.80 Å². The number of rotatable bonds is 4. The molecule has 2 aliphatic rings. The lowest BCUT2D eigenvalue weighted by atomic mass is 9.86. The number of carbonyl (C=O) groups is 1. The van der Waals surface area contributed by atoms with E-state index in [1.165, 1.54) is 44.3 Å². The van der Waals surface area contributed by atoms with Crippen molar-refractivity contribution in [2.24, 2.45) is 0 Å². The molecule has 2 saturated heterocycles. The Balaban J connectivity index is 0.00000243. The Bertz CT molecular complexity index is 573. The Labute approximate surface area is 165 Å². The second-order valence-corrected chi connectivity index (χ2v) is 8.81. The first-order valence-corrected chi connectivity index (χ1v) is 10.1. The fraction of sp³-hybridized carbons (Fsp3) is 0.682. The second-order valence-electron chi connectivity index (χ2n) is 8.81. The summed E-state index contributed by atoms with van der Waals surface area (Å²) >= 11 is 0. The van der Waals surface area contributed by atoms with Gasteiger partial charge in [0, 0.05) is 24.7 Å². The number of amides is 1. The van der Waals surface area contributed by atoms with Crippen molar-refractivity contribution < 1.29 is 4.79 Å². The van der Waals surface area contributed by atoms with Crippen LogP contribution in [0.5, 0.6) is 0 Å². The summed E-state index contributed by atoms with van der Waals surface area (Å²) in [6.45, 7) is 11.2. The number of hydrogen-bond donors (Lipinski definition) is 0. The summed E-state index contributed by atoms with van der Waals surface area (Å²) in [7, 11) is 0. The van der Waals surface area contributed by atoms with Gasteiger partial charge in [-0.1, -0.05) is 32.9 Å². The van der Waals surface area contributed by atoms with Gasteiger partial charge in [0.05, 0.1) is 0 Å². The molecule has 1 amide bonds. The van der Waals surface area contributed by atoms with Gasteiger partial charge in [-0.25, -0.2) is 0 Å². The fourth-order valence-electron chi connectivity index (χ4n) is 4.18. The molecule has 2 aliphatic heterocycles. The Kier molecular flexibility index (Phi) is 7.54. The average Bonchev–Trinajstić information content (AvgIpc) is 3.12. The number of hydrogen-bond acceptors (Lipinski definition) is 2. The zero-order valence-electron chi connectivity index (χ0n) is 16.7. The van der Waals surface area contributed by atoms with E-state index in [0.29, 0.717) is 6.04 Å². The molecule has 0 saturated carbocycles. The Morgan fingerprint density at radius 3 is 2.23 bits per heavy atom. The molecule has 2 heterocycles. The number of nitrogens with zero attached hydrogens (tertiary/aromatic N) is 2. The van der Waals surface area contributed by atoms with Gasteiger partial charge in [0.2, 0.25) is 0 Å². The molecule has 1 aromatic carbocycles. The molecule has 0 N–H and O–H groups in total. The van der Waals surface area contributed by atoms with Crippen LogP contribution < -0.4 is 0 Å². The van der Waals surface area contributed by atoms with Crippen LogP contribution in [0.1, 0.15) is 75.2 Å². The highest BCUT2D eigenvalue weighted by atomic mass is 35.5. The molecule has 0 aliphatic carbocycles. The molecular weight excluding hydrogens is 344 g/mol. The molecule has 146 valence electrons. The topological polar surface area (TPSA) is 23.6 Å². The lowest BCUT2D eigenvalue weighted by molar-refractivity contribution is 0.0588. The largest absolute Gasteiger partial charge is 0.336 e.